The third-order valence-electron chi connectivity index (χ3n) is 2.03. The average Bonchev–Trinajstić information content (AvgIpc) is 2.34. The second-order valence-corrected chi connectivity index (χ2v) is 4.53. The third kappa shape index (κ3) is 2.75. The Bertz CT molecular complexity index is 601. The fourth-order valence-corrected chi connectivity index (χ4v) is 2.14. The Balaban J connectivity index is 2.31. The Hall–Kier alpha value is -1.71. The van der Waals surface area contributed by atoms with Gasteiger partial charge in [-0.15, -0.1) is 0 Å². The van der Waals surface area contributed by atoms with E-state index in [0.717, 1.165) is 0 Å². The van der Waals surface area contributed by atoms with Gasteiger partial charge in [-0.1, -0.05) is 11.6 Å². The van der Waals surface area contributed by atoms with Gasteiger partial charge in [0, 0.05) is 4.47 Å². The summed E-state index contributed by atoms with van der Waals surface area (Å²) in [6.45, 7) is 0. The van der Waals surface area contributed by atoms with Crippen LogP contribution in [0.25, 0.3) is 0 Å². The smallest absolute Gasteiger partial charge is 0.158 e. The van der Waals surface area contributed by atoms with Crippen LogP contribution >= 0.6 is 27.5 Å². The molecular formula is C11H5BrClFN4. The van der Waals surface area contributed by atoms with Gasteiger partial charge in [0.1, 0.15) is 17.7 Å². The molecule has 0 aliphatic rings. The minimum absolute atomic E-state index is 0.213. The zero-order valence-corrected chi connectivity index (χ0v) is 11.1. The molecule has 1 aromatic heterocycles. The predicted octanol–water partition coefficient (Wildman–Crippen LogP) is 3.65. The molecule has 0 aliphatic heterocycles. The van der Waals surface area contributed by atoms with Gasteiger partial charge in [0.2, 0.25) is 0 Å². The minimum Gasteiger partial charge on any atom is -0.337 e. The van der Waals surface area contributed by atoms with Crippen molar-refractivity contribution in [3.8, 4) is 6.07 Å². The van der Waals surface area contributed by atoms with Gasteiger partial charge < -0.3 is 5.32 Å². The topological polar surface area (TPSA) is 61.6 Å². The van der Waals surface area contributed by atoms with Crippen LogP contribution in [0.2, 0.25) is 5.02 Å². The van der Waals surface area contributed by atoms with E-state index in [9.17, 15) is 4.39 Å². The summed E-state index contributed by atoms with van der Waals surface area (Å²) in [5.74, 6) is -0.0356. The minimum atomic E-state index is -0.441. The van der Waals surface area contributed by atoms with Crippen LogP contribution in [0.5, 0.6) is 0 Å². The fraction of sp³-hybridized carbons (Fsp3) is 0. The maximum absolute atomic E-state index is 13.0. The summed E-state index contributed by atoms with van der Waals surface area (Å²) in [5, 5.41) is 11.7. The summed E-state index contributed by atoms with van der Waals surface area (Å²) in [6, 6.07) is 4.33. The van der Waals surface area contributed by atoms with Crippen molar-refractivity contribution in [3.63, 3.8) is 0 Å². The van der Waals surface area contributed by atoms with Gasteiger partial charge in [0.05, 0.1) is 23.1 Å². The van der Waals surface area contributed by atoms with E-state index in [1.165, 1.54) is 24.5 Å². The highest BCUT2D eigenvalue weighted by Crippen LogP contribution is 2.33. The van der Waals surface area contributed by atoms with Gasteiger partial charge >= 0.3 is 0 Å². The third-order valence-corrected chi connectivity index (χ3v) is 2.95. The molecular weight excluding hydrogens is 323 g/mol. The zero-order valence-electron chi connectivity index (χ0n) is 8.78. The number of nitrogens with one attached hydrogen (secondary N) is 1. The molecule has 7 heteroatoms. The standard InChI is InChI=1S/C11H5BrClFN4/c12-8-1-6(14)2-9(13)11(8)18-10-5-16-7(3-15)4-17-10/h1-2,4-5H,(H,17,18). The van der Waals surface area contributed by atoms with E-state index in [1.54, 1.807) is 0 Å². The first-order chi connectivity index (χ1) is 8.60. The number of nitriles is 1. The molecule has 0 radical (unpaired) electrons. The summed E-state index contributed by atoms with van der Waals surface area (Å²) < 4.78 is 13.5. The lowest BCUT2D eigenvalue weighted by Gasteiger charge is -2.09. The van der Waals surface area contributed by atoms with Crippen LogP contribution in [-0.2, 0) is 0 Å². The molecule has 0 fully saturated rings. The van der Waals surface area contributed by atoms with Crippen molar-refractivity contribution in [3.05, 3.63) is 45.5 Å². The predicted molar refractivity (Wildman–Crippen MR) is 69.1 cm³/mol. The Kier molecular flexibility index (Phi) is 3.75. The maximum atomic E-state index is 13.0. The van der Waals surface area contributed by atoms with Crippen LogP contribution in [0.4, 0.5) is 15.9 Å². The van der Waals surface area contributed by atoms with Gasteiger partial charge in [0.25, 0.3) is 0 Å². The van der Waals surface area contributed by atoms with Crippen LogP contribution in [0.1, 0.15) is 5.69 Å². The lowest BCUT2D eigenvalue weighted by Crippen LogP contribution is -1.97. The molecule has 0 unspecified atom stereocenters. The first kappa shape index (κ1) is 12.7. The molecule has 0 amide bonds. The van der Waals surface area contributed by atoms with Crippen LogP contribution in [0.3, 0.4) is 0 Å². The van der Waals surface area contributed by atoms with Gasteiger partial charge in [0.15, 0.2) is 5.69 Å². The van der Waals surface area contributed by atoms with Gasteiger partial charge in [-0.2, -0.15) is 5.26 Å². The van der Waals surface area contributed by atoms with Crippen LogP contribution in [0, 0.1) is 17.1 Å². The molecule has 4 nitrogen and oxygen atoms in total. The molecule has 0 aliphatic carbocycles. The summed E-state index contributed by atoms with van der Waals surface area (Å²) >= 11 is 9.11. The number of rotatable bonds is 2. The van der Waals surface area contributed by atoms with Gasteiger partial charge in [-0.05, 0) is 28.1 Å². The zero-order chi connectivity index (χ0) is 13.1. The normalized spacial score (nSPS) is 9.89. The van der Waals surface area contributed by atoms with Crippen molar-refractivity contribution in [1.82, 2.24) is 9.97 Å². The molecule has 0 saturated carbocycles. The molecule has 0 saturated heterocycles. The molecule has 2 rings (SSSR count). The number of anilines is 2. The maximum Gasteiger partial charge on any atom is 0.158 e. The second kappa shape index (κ2) is 5.29. The van der Waals surface area contributed by atoms with Crippen molar-refractivity contribution in [1.29, 1.82) is 5.26 Å². The summed E-state index contributed by atoms with van der Waals surface area (Å²) in [4.78, 5) is 7.83. The molecule has 18 heavy (non-hydrogen) atoms. The molecule has 1 heterocycles. The molecule has 0 bridgehead atoms. The van der Waals surface area contributed by atoms with E-state index >= 15 is 0 Å². The number of benzene rings is 1. The monoisotopic (exact) mass is 326 g/mol. The van der Waals surface area contributed by atoms with Gasteiger partial charge in [-0.3, -0.25) is 0 Å². The van der Waals surface area contributed by atoms with E-state index in [4.69, 9.17) is 16.9 Å². The Labute approximate surface area is 116 Å². The lowest BCUT2D eigenvalue weighted by molar-refractivity contribution is 0.627. The van der Waals surface area contributed by atoms with Crippen molar-refractivity contribution >= 4 is 39.0 Å². The van der Waals surface area contributed by atoms with Crippen molar-refractivity contribution in [2.45, 2.75) is 0 Å². The molecule has 1 N–H and O–H groups in total. The van der Waals surface area contributed by atoms with E-state index in [1.807, 2.05) is 6.07 Å². The fourth-order valence-electron chi connectivity index (χ4n) is 1.24. The molecule has 2 aromatic rings. The molecule has 0 spiro atoms. The number of halogens is 3. The molecule has 1 aromatic carbocycles. The van der Waals surface area contributed by atoms with Gasteiger partial charge in [-0.25, -0.2) is 14.4 Å². The number of nitrogens with zero attached hydrogens (tertiary/aromatic N) is 3. The Morgan fingerprint density at radius 1 is 1.33 bits per heavy atom. The number of hydrogen-bond donors (Lipinski definition) is 1. The van der Waals surface area contributed by atoms with Crippen molar-refractivity contribution < 1.29 is 4.39 Å². The first-order valence-corrected chi connectivity index (χ1v) is 5.91. The second-order valence-electron chi connectivity index (χ2n) is 3.27. The number of hydrogen-bond acceptors (Lipinski definition) is 4. The Morgan fingerprint density at radius 3 is 2.67 bits per heavy atom. The SMILES string of the molecule is N#Cc1cnc(Nc2c(Cl)cc(F)cc2Br)cn1. The van der Waals surface area contributed by atoms with E-state index < -0.39 is 5.82 Å². The largest absolute Gasteiger partial charge is 0.337 e. The Morgan fingerprint density at radius 2 is 2.11 bits per heavy atom. The van der Waals surface area contributed by atoms with Crippen LogP contribution in [0.15, 0.2) is 29.0 Å². The summed E-state index contributed by atoms with van der Waals surface area (Å²) in [5.41, 5.74) is 0.696. The van der Waals surface area contributed by atoms with E-state index in [0.29, 0.717) is 16.0 Å². The summed E-state index contributed by atoms with van der Waals surface area (Å²) in [7, 11) is 0. The highest BCUT2D eigenvalue weighted by Gasteiger charge is 2.09. The van der Waals surface area contributed by atoms with E-state index in [2.05, 4.69) is 31.2 Å². The van der Waals surface area contributed by atoms with Crippen LogP contribution in [-0.4, -0.2) is 9.97 Å². The highest BCUT2D eigenvalue weighted by molar-refractivity contribution is 9.10. The van der Waals surface area contributed by atoms with Crippen molar-refractivity contribution in [2.24, 2.45) is 0 Å². The van der Waals surface area contributed by atoms with Crippen LogP contribution < -0.4 is 5.32 Å². The molecule has 90 valence electrons. The van der Waals surface area contributed by atoms with Crippen molar-refractivity contribution in [2.75, 3.05) is 5.32 Å². The highest BCUT2D eigenvalue weighted by atomic mass is 79.9. The summed E-state index contributed by atoms with van der Waals surface area (Å²) in [6.07, 6.45) is 2.72. The lowest BCUT2D eigenvalue weighted by atomic mass is 10.3. The average molecular weight is 328 g/mol. The quantitative estimate of drug-likeness (QED) is 0.914. The molecule has 0 atom stereocenters. The number of aromatic nitrogens is 2. The first-order valence-electron chi connectivity index (χ1n) is 4.74. The van der Waals surface area contributed by atoms with E-state index in [-0.39, 0.29) is 10.7 Å².